The van der Waals surface area contributed by atoms with Gasteiger partial charge in [0.15, 0.2) is 0 Å². The van der Waals surface area contributed by atoms with Crippen molar-refractivity contribution in [2.45, 2.75) is 52.9 Å². The highest BCUT2D eigenvalue weighted by atomic mass is 16.5. The molecule has 0 amide bonds. The molecule has 0 N–H and O–H groups in total. The van der Waals surface area contributed by atoms with Gasteiger partial charge in [0.2, 0.25) is 0 Å². The van der Waals surface area contributed by atoms with Crippen molar-refractivity contribution in [2.24, 2.45) is 23.2 Å². The third-order valence-corrected chi connectivity index (χ3v) is 4.39. The second-order valence-corrected chi connectivity index (χ2v) is 6.73. The number of fused-ring (bicyclic) bond motifs is 6. The van der Waals surface area contributed by atoms with E-state index in [1.807, 2.05) is 0 Å². The van der Waals surface area contributed by atoms with Crippen molar-refractivity contribution in [3.05, 3.63) is 0 Å². The molecule has 2 saturated heterocycles. The summed E-state index contributed by atoms with van der Waals surface area (Å²) >= 11 is 0. The van der Waals surface area contributed by atoms with E-state index in [1.54, 1.807) is 0 Å². The summed E-state index contributed by atoms with van der Waals surface area (Å²) in [5.74, 6) is 2.60. The molecule has 2 bridgehead atoms. The summed E-state index contributed by atoms with van der Waals surface area (Å²) in [5, 5.41) is 0. The summed E-state index contributed by atoms with van der Waals surface area (Å²) in [5.41, 5.74) is 0.491. The third kappa shape index (κ3) is 2.96. The van der Waals surface area contributed by atoms with E-state index in [0.717, 1.165) is 31.0 Å². The van der Waals surface area contributed by atoms with Crippen LogP contribution in [0.15, 0.2) is 0 Å². The van der Waals surface area contributed by atoms with Crippen molar-refractivity contribution in [3.63, 3.8) is 0 Å². The fourth-order valence-corrected chi connectivity index (χ4v) is 3.24. The maximum absolute atomic E-state index is 5.80. The predicted molar refractivity (Wildman–Crippen MR) is 63.8 cm³/mol. The van der Waals surface area contributed by atoms with Crippen molar-refractivity contribution < 1.29 is 4.74 Å². The number of hydrogen-bond acceptors (Lipinski definition) is 1. The fraction of sp³-hybridized carbons (Fsp3) is 1.00. The monoisotopic (exact) mass is 210 g/mol. The van der Waals surface area contributed by atoms with Crippen molar-refractivity contribution in [1.29, 1.82) is 0 Å². The smallest absolute Gasteiger partial charge is 0.0494 e. The minimum Gasteiger partial charge on any atom is -0.381 e. The molecule has 2 heterocycles. The SMILES string of the molecule is CC(C)(C)C1CC2CCCC(COC2)C1. The molecule has 3 rings (SSSR count). The van der Waals surface area contributed by atoms with Gasteiger partial charge in [0.05, 0.1) is 0 Å². The average Bonchev–Trinajstić information content (AvgIpc) is 1.95. The molecule has 0 aromatic rings. The highest BCUT2D eigenvalue weighted by Crippen LogP contribution is 2.41. The van der Waals surface area contributed by atoms with Crippen LogP contribution in [0.2, 0.25) is 0 Å². The summed E-state index contributed by atoms with van der Waals surface area (Å²) in [4.78, 5) is 0. The standard InChI is InChI=1S/C14H26O/c1-14(2,3)13-7-11-5-4-6-12(8-13)10-15-9-11/h11-13H,4-10H2,1-3H3. The molecular weight excluding hydrogens is 184 g/mol. The van der Waals surface area contributed by atoms with E-state index in [0.29, 0.717) is 5.41 Å². The summed E-state index contributed by atoms with van der Waals surface area (Å²) < 4.78 is 5.80. The van der Waals surface area contributed by atoms with E-state index in [9.17, 15) is 0 Å². The lowest BCUT2D eigenvalue weighted by Crippen LogP contribution is -2.33. The van der Waals surface area contributed by atoms with Crippen LogP contribution in [0.5, 0.6) is 0 Å². The van der Waals surface area contributed by atoms with Gasteiger partial charge in [-0.3, -0.25) is 0 Å². The predicted octanol–water partition coefficient (Wildman–Crippen LogP) is 3.88. The molecule has 15 heavy (non-hydrogen) atoms. The van der Waals surface area contributed by atoms with Crippen LogP contribution in [0.1, 0.15) is 52.9 Å². The van der Waals surface area contributed by atoms with E-state index in [4.69, 9.17) is 4.74 Å². The van der Waals surface area contributed by atoms with Crippen LogP contribution in [-0.2, 0) is 4.74 Å². The lowest BCUT2D eigenvalue weighted by Gasteiger charge is -2.40. The Labute approximate surface area is 94.6 Å². The van der Waals surface area contributed by atoms with Crippen molar-refractivity contribution in [3.8, 4) is 0 Å². The minimum atomic E-state index is 0.491. The zero-order valence-corrected chi connectivity index (χ0v) is 10.6. The zero-order chi connectivity index (χ0) is 10.9. The third-order valence-electron chi connectivity index (χ3n) is 4.39. The van der Waals surface area contributed by atoms with Crippen LogP contribution >= 0.6 is 0 Å². The molecule has 1 heteroatoms. The fourth-order valence-electron chi connectivity index (χ4n) is 3.24. The van der Waals surface area contributed by atoms with Crippen LogP contribution < -0.4 is 0 Å². The molecule has 2 unspecified atom stereocenters. The highest BCUT2D eigenvalue weighted by molar-refractivity contribution is 4.83. The van der Waals surface area contributed by atoms with Crippen LogP contribution in [0, 0.1) is 23.2 Å². The largest absolute Gasteiger partial charge is 0.381 e. The number of rotatable bonds is 0. The summed E-state index contributed by atoms with van der Waals surface area (Å²) in [6.45, 7) is 9.30. The van der Waals surface area contributed by atoms with Crippen LogP contribution in [0.25, 0.3) is 0 Å². The Kier molecular flexibility index (Phi) is 3.39. The van der Waals surface area contributed by atoms with Crippen molar-refractivity contribution >= 4 is 0 Å². The first kappa shape index (κ1) is 11.4. The molecule has 1 aliphatic carbocycles. The van der Waals surface area contributed by atoms with E-state index < -0.39 is 0 Å². The first-order chi connectivity index (χ1) is 7.05. The van der Waals surface area contributed by atoms with Gasteiger partial charge in [-0.15, -0.1) is 0 Å². The molecular formula is C14H26O. The van der Waals surface area contributed by atoms with Gasteiger partial charge in [0, 0.05) is 13.2 Å². The minimum absolute atomic E-state index is 0.491. The van der Waals surface area contributed by atoms with Gasteiger partial charge in [0.25, 0.3) is 0 Å². The van der Waals surface area contributed by atoms with E-state index in [2.05, 4.69) is 20.8 Å². The van der Waals surface area contributed by atoms with Gasteiger partial charge in [-0.1, -0.05) is 27.2 Å². The van der Waals surface area contributed by atoms with Crippen LogP contribution in [-0.4, -0.2) is 13.2 Å². The van der Waals surface area contributed by atoms with Crippen molar-refractivity contribution in [1.82, 2.24) is 0 Å². The summed E-state index contributed by atoms with van der Waals surface area (Å²) in [6.07, 6.45) is 7.06. The van der Waals surface area contributed by atoms with Gasteiger partial charge < -0.3 is 4.74 Å². The first-order valence-corrected chi connectivity index (χ1v) is 6.63. The molecule has 2 aliphatic heterocycles. The van der Waals surface area contributed by atoms with Gasteiger partial charge in [-0.2, -0.15) is 0 Å². The molecule has 3 aliphatic rings. The maximum Gasteiger partial charge on any atom is 0.0494 e. The quantitative estimate of drug-likeness (QED) is 0.589. The number of ether oxygens (including phenoxy) is 1. The Morgan fingerprint density at radius 2 is 1.47 bits per heavy atom. The van der Waals surface area contributed by atoms with Crippen LogP contribution in [0.4, 0.5) is 0 Å². The average molecular weight is 210 g/mol. The van der Waals surface area contributed by atoms with Gasteiger partial charge in [-0.25, -0.2) is 0 Å². The lowest BCUT2D eigenvalue weighted by atomic mass is 9.68. The van der Waals surface area contributed by atoms with Gasteiger partial charge in [-0.05, 0) is 48.9 Å². The molecule has 0 radical (unpaired) electrons. The van der Waals surface area contributed by atoms with Crippen LogP contribution in [0.3, 0.4) is 0 Å². The molecule has 1 saturated carbocycles. The van der Waals surface area contributed by atoms with Crippen molar-refractivity contribution in [2.75, 3.05) is 13.2 Å². The normalized spacial score (nSPS) is 38.2. The Morgan fingerprint density at radius 1 is 0.933 bits per heavy atom. The number of hydrogen-bond donors (Lipinski definition) is 0. The molecule has 0 aromatic carbocycles. The van der Waals surface area contributed by atoms with E-state index in [-0.39, 0.29) is 0 Å². The molecule has 2 atom stereocenters. The Hall–Kier alpha value is -0.0400. The molecule has 1 nitrogen and oxygen atoms in total. The Morgan fingerprint density at radius 3 is 1.93 bits per heavy atom. The second-order valence-electron chi connectivity index (χ2n) is 6.73. The van der Waals surface area contributed by atoms with E-state index >= 15 is 0 Å². The molecule has 0 aromatic heterocycles. The Balaban J connectivity index is 2.08. The van der Waals surface area contributed by atoms with Gasteiger partial charge >= 0.3 is 0 Å². The first-order valence-electron chi connectivity index (χ1n) is 6.63. The second kappa shape index (κ2) is 4.45. The summed E-state index contributed by atoms with van der Waals surface area (Å²) in [6, 6.07) is 0. The zero-order valence-electron chi connectivity index (χ0n) is 10.6. The van der Waals surface area contributed by atoms with Gasteiger partial charge in [0.1, 0.15) is 0 Å². The molecule has 3 fully saturated rings. The maximum atomic E-state index is 5.80. The summed E-state index contributed by atoms with van der Waals surface area (Å²) in [7, 11) is 0. The lowest BCUT2D eigenvalue weighted by molar-refractivity contribution is -0.00541. The van der Waals surface area contributed by atoms with E-state index in [1.165, 1.54) is 32.1 Å². The Bertz CT molecular complexity index is 180. The topological polar surface area (TPSA) is 9.23 Å². The highest BCUT2D eigenvalue weighted by Gasteiger charge is 2.33. The molecule has 0 spiro atoms. The molecule has 88 valence electrons.